The van der Waals surface area contributed by atoms with Crippen LogP contribution in [-0.2, 0) is 4.74 Å². The molecule has 0 N–H and O–H groups in total. The van der Waals surface area contributed by atoms with Gasteiger partial charge in [-0.3, -0.25) is 0 Å². The predicted molar refractivity (Wildman–Crippen MR) is 158 cm³/mol. The summed E-state index contributed by atoms with van der Waals surface area (Å²) in [6, 6.07) is 7.41. The first-order valence-electron chi connectivity index (χ1n) is 15.4. The molecule has 8 atom stereocenters. The van der Waals surface area contributed by atoms with Crippen LogP contribution in [0.15, 0.2) is 40.4 Å². The van der Waals surface area contributed by atoms with E-state index < -0.39 is 6.16 Å². The molecule has 1 aromatic carbocycles. The Morgan fingerprint density at radius 1 is 1.03 bits per heavy atom. The number of rotatable bonds is 7. The first-order valence-corrected chi connectivity index (χ1v) is 16.2. The standard InChI is InChI=1S/C34H49BrO3/c1-22(2)9-8-10-23(3)27-15-16-28-26-14-13-24-21-25(37-32(36)38-31-12-7-6-11-30(31)35)17-19-33(24,4)29(26)18-20-34(27,28)5/h6-7,11-13,22-23,25-29H,8-10,14-21H2,1-5H3/t23-,25+,26-,27+,28+,29-,33+,34-/m1/s1. The third-order valence-corrected chi connectivity index (χ3v) is 12.2. The molecule has 3 fully saturated rings. The van der Waals surface area contributed by atoms with Gasteiger partial charge in [-0.05, 0) is 119 Å². The van der Waals surface area contributed by atoms with E-state index in [4.69, 9.17) is 9.47 Å². The Hall–Kier alpha value is -1.29. The number of carbonyl (C=O) groups excluding carboxylic acids is 1. The van der Waals surface area contributed by atoms with Crippen molar-refractivity contribution in [2.24, 2.45) is 46.3 Å². The van der Waals surface area contributed by atoms with Crippen LogP contribution in [0.2, 0.25) is 0 Å². The minimum absolute atomic E-state index is 0.0859. The molecule has 0 saturated heterocycles. The molecular weight excluding hydrogens is 536 g/mol. The summed E-state index contributed by atoms with van der Waals surface area (Å²) in [5, 5.41) is 0. The summed E-state index contributed by atoms with van der Waals surface area (Å²) in [5.41, 5.74) is 2.33. The summed E-state index contributed by atoms with van der Waals surface area (Å²) in [4.78, 5) is 12.6. The number of halogens is 1. The monoisotopic (exact) mass is 584 g/mol. The van der Waals surface area contributed by atoms with E-state index in [1.165, 1.54) is 51.4 Å². The lowest BCUT2D eigenvalue weighted by Gasteiger charge is -2.58. The molecule has 3 nitrogen and oxygen atoms in total. The molecule has 0 unspecified atom stereocenters. The van der Waals surface area contributed by atoms with Crippen molar-refractivity contribution < 1.29 is 14.3 Å². The normalized spacial score (nSPS) is 37.0. The van der Waals surface area contributed by atoms with Crippen molar-refractivity contribution in [3.8, 4) is 5.75 Å². The second-order valence-corrected chi connectivity index (χ2v) is 14.9. The van der Waals surface area contributed by atoms with Crippen LogP contribution in [0.25, 0.3) is 0 Å². The fourth-order valence-corrected chi connectivity index (χ4v) is 9.90. The summed E-state index contributed by atoms with van der Waals surface area (Å²) in [7, 11) is 0. The Morgan fingerprint density at radius 3 is 2.58 bits per heavy atom. The number of hydrogen-bond acceptors (Lipinski definition) is 3. The van der Waals surface area contributed by atoms with Crippen LogP contribution in [0.4, 0.5) is 4.79 Å². The predicted octanol–water partition coefficient (Wildman–Crippen LogP) is 10.4. The van der Waals surface area contributed by atoms with Crippen LogP contribution < -0.4 is 4.74 Å². The number of allylic oxidation sites excluding steroid dienone is 1. The van der Waals surface area contributed by atoms with Crippen LogP contribution in [0.5, 0.6) is 5.75 Å². The molecule has 0 bridgehead atoms. The number of para-hydroxylation sites is 1. The summed E-state index contributed by atoms with van der Waals surface area (Å²) >= 11 is 3.44. The van der Waals surface area contributed by atoms with Crippen LogP contribution >= 0.6 is 15.9 Å². The lowest BCUT2D eigenvalue weighted by atomic mass is 9.47. The third kappa shape index (κ3) is 5.37. The zero-order valence-electron chi connectivity index (χ0n) is 24.3. The highest BCUT2D eigenvalue weighted by atomic mass is 79.9. The van der Waals surface area contributed by atoms with Gasteiger partial charge >= 0.3 is 6.16 Å². The van der Waals surface area contributed by atoms with Gasteiger partial charge in [-0.2, -0.15) is 0 Å². The van der Waals surface area contributed by atoms with Crippen molar-refractivity contribution >= 4 is 22.1 Å². The molecule has 1 aromatic rings. The summed E-state index contributed by atoms with van der Waals surface area (Å²) in [5.74, 6) is 5.57. The molecule has 210 valence electrons. The topological polar surface area (TPSA) is 35.5 Å². The average Bonchev–Trinajstić information content (AvgIpc) is 3.23. The van der Waals surface area contributed by atoms with Crippen molar-refractivity contribution in [3.63, 3.8) is 0 Å². The van der Waals surface area contributed by atoms with Gasteiger partial charge in [-0.25, -0.2) is 4.79 Å². The largest absolute Gasteiger partial charge is 0.514 e. The molecule has 3 saturated carbocycles. The van der Waals surface area contributed by atoms with Crippen molar-refractivity contribution in [2.45, 2.75) is 111 Å². The molecule has 0 heterocycles. The highest BCUT2D eigenvalue weighted by molar-refractivity contribution is 9.10. The van der Waals surface area contributed by atoms with E-state index in [1.54, 1.807) is 11.6 Å². The lowest BCUT2D eigenvalue weighted by Crippen LogP contribution is -2.51. The quantitative estimate of drug-likeness (QED) is 0.181. The van der Waals surface area contributed by atoms with Crippen LogP contribution in [0.3, 0.4) is 0 Å². The third-order valence-electron chi connectivity index (χ3n) is 11.6. The molecule has 38 heavy (non-hydrogen) atoms. The molecule has 0 radical (unpaired) electrons. The lowest BCUT2D eigenvalue weighted by molar-refractivity contribution is -0.0597. The second kappa shape index (κ2) is 11.3. The molecule has 4 aliphatic carbocycles. The Bertz CT molecular complexity index is 1030. The zero-order chi connectivity index (χ0) is 27.1. The Morgan fingerprint density at radius 2 is 1.82 bits per heavy atom. The Kier molecular flexibility index (Phi) is 8.40. The van der Waals surface area contributed by atoms with Crippen LogP contribution in [0.1, 0.15) is 105 Å². The van der Waals surface area contributed by atoms with Crippen molar-refractivity contribution in [3.05, 3.63) is 40.4 Å². The Balaban J connectivity index is 1.22. The second-order valence-electron chi connectivity index (χ2n) is 14.1. The summed E-state index contributed by atoms with van der Waals surface area (Å²) in [6.07, 6.45) is 15.9. The molecule has 0 spiro atoms. The number of benzene rings is 1. The number of carbonyl (C=O) groups is 1. The van der Waals surface area contributed by atoms with Gasteiger partial charge < -0.3 is 9.47 Å². The maximum Gasteiger partial charge on any atom is 0.514 e. The van der Waals surface area contributed by atoms with E-state index in [-0.39, 0.29) is 11.5 Å². The van der Waals surface area contributed by atoms with E-state index >= 15 is 0 Å². The highest BCUT2D eigenvalue weighted by Crippen LogP contribution is 2.67. The van der Waals surface area contributed by atoms with E-state index in [1.807, 2.05) is 18.2 Å². The van der Waals surface area contributed by atoms with Gasteiger partial charge in [-0.1, -0.05) is 77.7 Å². The van der Waals surface area contributed by atoms with Crippen molar-refractivity contribution in [1.82, 2.24) is 0 Å². The first kappa shape index (κ1) is 28.2. The van der Waals surface area contributed by atoms with Crippen LogP contribution in [0, 0.1) is 46.3 Å². The average molecular weight is 586 g/mol. The van der Waals surface area contributed by atoms with E-state index in [2.05, 4.69) is 56.6 Å². The van der Waals surface area contributed by atoms with Gasteiger partial charge in [0.15, 0.2) is 0 Å². The minimum atomic E-state index is -0.590. The Labute approximate surface area is 239 Å². The maximum atomic E-state index is 12.6. The van der Waals surface area contributed by atoms with Gasteiger partial charge in [0.2, 0.25) is 0 Å². The van der Waals surface area contributed by atoms with E-state index in [0.29, 0.717) is 11.2 Å². The smallest absolute Gasteiger partial charge is 0.430 e. The van der Waals surface area contributed by atoms with Crippen molar-refractivity contribution in [2.75, 3.05) is 0 Å². The first-order chi connectivity index (χ1) is 18.1. The maximum absolute atomic E-state index is 12.6. The molecule has 0 aliphatic heterocycles. The van der Waals surface area contributed by atoms with Gasteiger partial charge in [0.1, 0.15) is 11.9 Å². The van der Waals surface area contributed by atoms with Gasteiger partial charge in [0, 0.05) is 6.42 Å². The molecule has 5 rings (SSSR count). The molecule has 4 heteroatoms. The van der Waals surface area contributed by atoms with Gasteiger partial charge in [0.05, 0.1) is 4.47 Å². The molecular formula is C34H49BrO3. The fourth-order valence-electron chi connectivity index (χ4n) is 9.53. The highest BCUT2D eigenvalue weighted by Gasteiger charge is 2.59. The zero-order valence-corrected chi connectivity index (χ0v) is 25.9. The van der Waals surface area contributed by atoms with E-state index in [9.17, 15) is 4.79 Å². The number of hydrogen-bond donors (Lipinski definition) is 0. The van der Waals surface area contributed by atoms with Crippen molar-refractivity contribution in [1.29, 1.82) is 0 Å². The SMILES string of the molecule is CC(C)CCC[C@@H](C)[C@@H]1CC[C@H]2[C@H]3CC=C4C[C@@H](OC(=O)Oc5ccccc5Br)CC[C@]4(C)[C@@H]3CC[C@@]21C. The molecule has 0 aromatic heterocycles. The summed E-state index contributed by atoms with van der Waals surface area (Å²) in [6.45, 7) is 12.5. The number of fused-ring (bicyclic) bond motifs is 5. The molecule has 4 aliphatic rings. The summed E-state index contributed by atoms with van der Waals surface area (Å²) < 4.78 is 12.1. The van der Waals surface area contributed by atoms with Crippen LogP contribution in [-0.4, -0.2) is 12.3 Å². The van der Waals surface area contributed by atoms with Gasteiger partial charge in [-0.15, -0.1) is 0 Å². The van der Waals surface area contributed by atoms with Gasteiger partial charge in [0.25, 0.3) is 0 Å². The minimum Gasteiger partial charge on any atom is -0.430 e. The molecule has 0 amide bonds. The fraction of sp³-hybridized carbons (Fsp3) is 0.735. The van der Waals surface area contributed by atoms with E-state index in [0.717, 1.165) is 59.2 Å². The number of ether oxygens (including phenoxy) is 2.